The molecule has 0 spiro atoms. The van der Waals surface area contributed by atoms with E-state index in [9.17, 15) is 0 Å². The van der Waals surface area contributed by atoms with E-state index >= 15 is 0 Å². The third kappa shape index (κ3) is 3.14. The molecule has 2 nitrogen and oxygen atoms in total. The molecule has 0 aliphatic heterocycles. The summed E-state index contributed by atoms with van der Waals surface area (Å²) in [6.07, 6.45) is 3.18. The number of rotatable bonds is 0. The van der Waals surface area contributed by atoms with E-state index in [4.69, 9.17) is 4.42 Å². The fraction of sp³-hybridized carbons (Fsp3) is 0.500. The second-order valence-corrected chi connectivity index (χ2v) is 1.49. The largest absolute Gasteiger partial charge is 0.446 e. The molecule has 0 aliphatic rings. The van der Waals surface area contributed by atoms with Crippen LogP contribution in [0.2, 0.25) is 0 Å². The van der Waals surface area contributed by atoms with Gasteiger partial charge >= 0.3 is 0 Å². The second-order valence-electron chi connectivity index (χ2n) is 1.49. The second kappa shape index (κ2) is 4.39. The molecular formula is C6H10ClNO. The molecule has 0 fully saturated rings. The number of aromatic nitrogens is 1. The molecule has 0 amide bonds. The Balaban J connectivity index is 0.000000291. The molecule has 1 aromatic heterocycles. The Morgan fingerprint density at radius 2 is 2.00 bits per heavy atom. The van der Waals surface area contributed by atoms with Crippen molar-refractivity contribution in [1.82, 2.24) is 4.98 Å². The van der Waals surface area contributed by atoms with E-state index in [1.165, 1.54) is 6.38 Å². The summed E-state index contributed by atoms with van der Waals surface area (Å²) >= 11 is 4.64. The highest BCUT2D eigenvalue weighted by Crippen LogP contribution is 1.96. The lowest BCUT2D eigenvalue weighted by atomic mass is 10.6. The van der Waals surface area contributed by atoms with Gasteiger partial charge in [0.25, 0.3) is 0 Å². The first-order valence-electron chi connectivity index (χ1n) is 2.56. The fourth-order valence-corrected chi connectivity index (χ4v) is 0.467. The van der Waals surface area contributed by atoms with Gasteiger partial charge in [0.05, 0.1) is 6.20 Å². The molecule has 9 heavy (non-hydrogen) atoms. The molecule has 0 saturated carbocycles. The normalized spacial score (nSPS) is 8.00. The molecular weight excluding hydrogens is 138 g/mol. The zero-order valence-corrected chi connectivity index (χ0v) is 6.57. The molecule has 0 radical (unpaired) electrons. The van der Waals surface area contributed by atoms with E-state index in [1.54, 1.807) is 6.20 Å². The molecule has 52 valence electrons. The van der Waals surface area contributed by atoms with Gasteiger partial charge < -0.3 is 4.42 Å². The summed E-state index contributed by atoms with van der Waals surface area (Å²) in [7, 11) is 0. The Morgan fingerprint density at radius 3 is 2.11 bits per heavy atom. The summed E-state index contributed by atoms with van der Waals surface area (Å²) in [5.74, 6) is 1.61. The van der Waals surface area contributed by atoms with E-state index in [0.717, 1.165) is 11.7 Å². The lowest BCUT2D eigenvalue weighted by Crippen LogP contribution is -1.59. The molecule has 0 aliphatic carbocycles. The van der Waals surface area contributed by atoms with Gasteiger partial charge in [-0.25, -0.2) is 4.98 Å². The smallest absolute Gasteiger partial charge is 0.191 e. The molecule has 0 atom stereocenters. The Labute approximate surface area is 59.8 Å². The third-order valence-electron chi connectivity index (χ3n) is 0.737. The van der Waals surface area contributed by atoms with Crippen molar-refractivity contribution in [3.05, 3.63) is 17.8 Å². The summed E-state index contributed by atoms with van der Waals surface area (Å²) in [4.78, 5) is 3.85. The summed E-state index contributed by atoms with van der Waals surface area (Å²) < 4.78 is 4.97. The lowest BCUT2D eigenvalue weighted by molar-refractivity contribution is 0.494. The zero-order chi connectivity index (χ0) is 7.28. The summed E-state index contributed by atoms with van der Waals surface area (Å²) in [5.41, 5.74) is 0. The highest BCUT2D eigenvalue weighted by Gasteiger charge is 1.87. The van der Waals surface area contributed by atoms with Crippen molar-refractivity contribution in [2.24, 2.45) is 0 Å². The van der Waals surface area contributed by atoms with Crippen molar-refractivity contribution in [1.29, 1.82) is 0 Å². The van der Waals surface area contributed by atoms with E-state index in [-0.39, 0.29) is 0 Å². The Hall–Kier alpha value is -0.500. The highest BCUT2D eigenvalue weighted by atomic mass is 35.5. The maximum Gasteiger partial charge on any atom is 0.191 e. The van der Waals surface area contributed by atoms with Crippen LogP contribution in [0, 0.1) is 13.8 Å². The van der Waals surface area contributed by atoms with Crippen LogP contribution >= 0.6 is 11.6 Å². The zero-order valence-electron chi connectivity index (χ0n) is 5.81. The molecule has 0 aromatic carbocycles. The van der Waals surface area contributed by atoms with Gasteiger partial charge in [-0.05, 0) is 6.92 Å². The molecule has 1 aromatic rings. The fourth-order valence-electron chi connectivity index (χ4n) is 0.467. The van der Waals surface area contributed by atoms with Crippen LogP contribution in [-0.4, -0.2) is 11.4 Å². The standard InChI is InChI=1S/C5H7NO.CH3Cl/c1-4-3-6-5(2)7-4;1-2/h3H,1-2H3;1H3. The Kier molecular flexibility index (Phi) is 4.14. The van der Waals surface area contributed by atoms with Crippen molar-refractivity contribution in [3.63, 3.8) is 0 Å². The monoisotopic (exact) mass is 147 g/mol. The van der Waals surface area contributed by atoms with Gasteiger partial charge in [0.2, 0.25) is 0 Å². The highest BCUT2D eigenvalue weighted by molar-refractivity contribution is 6.15. The van der Waals surface area contributed by atoms with Crippen LogP contribution in [0.3, 0.4) is 0 Å². The minimum Gasteiger partial charge on any atom is -0.446 e. The van der Waals surface area contributed by atoms with Gasteiger partial charge in [-0.2, -0.15) is 0 Å². The first kappa shape index (κ1) is 8.50. The number of alkyl halides is 1. The Bertz CT molecular complexity index is 145. The predicted molar refractivity (Wildman–Crippen MR) is 37.8 cm³/mol. The average molecular weight is 148 g/mol. The van der Waals surface area contributed by atoms with E-state index in [1.807, 2.05) is 13.8 Å². The Morgan fingerprint density at radius 1 is 1.44 bits per heavy atom. The van der Waals surface area contributed by atoms with Gasteiger partial charge in [0.1, 0.15) is 5.76 Å². The number of nitrogens with zero attached hydrogens (tertiary/aromatic N) is 1. The average Bonchev–Trinajstić information content (AvgIpc) is 2.20. The quantitative estimate of drug-likeness (QED) is 0.526. The first-order valence-corrected chi connectivity index (χ1v) is 3.31. The molecule has 3 heteroatoms. The lowest BCUT2D eigenvalue weighted by Gasteiger charge is -1.73. The van der Waals surface area contributed by atoms with Crippen LogP contribution in [0.4, 0.5) is 0 Å². The number of oxazole rings is 1. The minimum absolute atomic E-state index is 0.734. The number of hydrogen-bond donors (Lipinski definition) is 0. The summed E-state index contributed by atoms with van der Waals surface area (Å²) in [5, 5.41) is 0. The summed E-state index contributed by atoms with van der Waals surface area (Å²) in [6.45, 7) is 3.70. The SMILES string of the molecule is CCl.Cc1cnc(C)o1. The van der Waals surface area contributed by atoms with Gasteiger partial charge in [-0.3, -0.25) is 0 Å². The van der Waals surface area contributed by atoms with Crippen LogP contribution in [-0.2, 0) is 0 Å². The van der Waals surface area contributed by atoms with Gasteiger partial charge in [-0.15, -0.1) is 11.6 Å². The number of aryl methyl sites for hydroxylation is 2. The van der Waals surface area contributed by atoms with Crippen LogP contribution < -0.4 is 0 Å². The molecule has 1 heterocycles. The van der Waals surface area contributed by atoms with Crippen molar-refractivity contribution >= 4 is 11.6 Å². The van der Waals surface area contributed by atoms with E-state index in [0.29, 0.717) is 0 Å². The third-order valence-corrected chi connectivity index (χ3v) is 0.737. The molecule has 0 saturated heterocycles. The van der Waals surface area contributed by atoms with Crippen molar-refractivity contribution in [3.8, 4) is 0 Å². The molecule has 0 bridgehead atoms. The first-order chi connectivity index (χ1) is 4.29. The number of hydrogen-bond acceptors (Lipinski definition) is 2. The van der Waals surface area contributed by atoms with Gasteiger partial charge in [-0.1, -0.05) is 0 Å². The molecule has 1 rings (SSSR count). The maximum atomic E-state index is 4.97. The van der Waals surface area contributed by atoms with Crippen LogP contribution in [0.15, 0.2) is 10.6 Å². The van der Waals surface area contributed by atoms with Crippen LogP contribution in [0.5, 0.6) is 0 Å². The summed E-state index contributed by atoms with van der Waals surface area (Å²) in [6, 6.07) is 0. The van der Waals surface area contributed by atoms with Crippen molar-refractivity contribution in [2.75, 3.05) is 6.38 Å². The van der Waals surface area contributed by atoms with E-state index in [2.05, 4.69) is 16.6 Å². The van der Waals surface area contributed by atoms with Gasteiger partial charge in [0.15, 0.2) is 5.89 Å². The number of halogens is 1. The van der Waals surface area contributed by atoms with Gasteiger partial charge in [0, 0.05) is 13.3 Å². The minimum atomic E-state index is 0.734. The van der Waals surface area contributed by atoms with E-state index < -0.39 is 0 Å². The van der Waals surface area contributed by atoms with Crippen LogP contribution in [0.25, 0.3) is 0 Å². The van der Waals surface area contributed by atoms with Crippen molar-refractivity contribution in [2.45, 2.75) is 13.8 Å². The van der Waals surface area contributed by atoms with Crippen molar-refractivity contribution < 1.29 is 4.42 Å². The maximum absolute atomic E-state index is 4.97. The molecule has 0 unspecified atom stereocenters. The van der Waals surface area contributed by atoms with Crippen LogP contribution in [0.1, 0.15) is 11.7 Å². The molecule has 0 N–H and O–H groups in total. The predicted octanol–water partition coefficient (Wildman–Crippen LogP) is 2.15. The topological polar surface area (TPSA) is 26.0 Å².